The van der Waals surface area contributed by atoms with E-state index in [9.17, 15) is 0 Å². The van der Waals surface area contributed by atoms with Crippen molar-refractivity contribution in [3.63, 3.8) is 0 Å². The van der Waals surface area contributed by atoms with Crippen molar-refractivity contribution in [2.45, 2.75) is 18.6 Å². The Bertz CT molecular complexity index is 137. The molecule has 8 heavy (non-hydrogen) atoms. The highest BCUT2D eigenvalue weighted by molar-refractivity contribution is 8.00. The first-order valence-electron chi connectivity index (χ1n) is 2.45. The van der Waals surface area contributed by atoms with Gasteiger partial charge in [0.1, 0.15) is 6.34 Å². The molecule has 1 rings (SSSR count). The third-order valence-corrected chi connectivity index (χ3v) is 1.56. The lowest BCUT2D eigenvalue weighted by Gasteiger charge is -2.15. The van der Waals surface area contributed by atoms with E-state index in [-0.39, 0.29) is 4.75 Å². The molecule has 0 unspecified atom stereocenters. The van der Waals surface area contributed by atoms with Crippen LogP contribution in [0.3, 0.4) is 0 Å². The van der Waals surface area contributed by atoms with E-state index in [1.165, 1.54) is 0 Å². The number of aliphatic imine (C=N–C) groups is 1. The molecule has 0 aromatic carbocycles. The zero-order valence-corrected chi connectivity index (χ0v) is 5.77. The molecule has 0 aromatic heterocycles. The predicted molar refractivity (Wildman–Crippen MR) is 38.7 cm³/mol. The highest BCUT2D eigenvalue weighted by atomic mass is 32.2. The molecule has 2 nitrogen and oxygen atoms in total. The van der Waals surface area contributed by atoms with Crippen LogP contribution in [0.2, 0.25) is 0 Å². The molecule has 0 saturated carbocycles. The minimum Gasteiger partial charge on any atom is -0.247 e. The molecule has 0 N–H and O–H groups in total. The van der Waals surface area contributed by atoms with Crippen molar-refractivity contribution >= 4 is 24.5 Å². The Morgan fingerprint density at radius 2 is 2.25 bits per heavy atom. The Balaban J connectivity index is 2.65. The number of hydrogen-bond donors (Lipinski definition) is 0. The van der Waals surface area contributed by atoms with Gasteiger partial charge in [0, 0.05) is 6.21 Å². The van der Waals surface area contributed by atoms with Crippen LogP contribution in [-0.4, -0.2) is 17.3 Å². The number of hydrogen-bond acceptors (Lipinski definition) is 3. The molecule has 1 aliphatic heterocycles. The summed E-state index contributed by atoms with van der Waals surface area (Å²) in [6.07, 6.45) is 3.46. The van der Waals surface area contributed by atoms with Crippen molar-refractivity contribution in [2.24, 2.45) is 9.39 Å². The number of nitrogens with zero attached hydrogens (tertiary/aromatic N) is 2. The second kappa shape index (κ2) is 1.90. The lowest BCUT2D eigenvalue weighted by atomic mass is 10.2. The smallest absolute Gasteiger partial charge is 0.123 e. The Morgan fingerprint density at radius 3 is 2.50 bits per heavy atom. The Kier molecular flexibility index (Phi) is 1.38. The quantitative estimate of drug-likeness (QED) is 0.454. The Morgan fingerprint density at radius 1 is 1.50 bits per heavy atom. The summed E-state index contributed by atoms with van der Waals surface area (Å²) >= 11 is 1.54. The second-order valence-electron chi connectivity index (χ2n) is 2.19. The average Bonchev–Trinajstić information content (AvgIpc) is 1.65. The third kappa shape index (κ3) is 1.33. The van der Waals surface area contributed by atoms with Gasteiger partial charge in [0.25, 0.3) is 0 Å². The first-order valence-corrected chi connectivity index (χ1v) is 3.22. The Labute approximate surface area is 53.2 Å². The summed E-state index contributed by atoms with van der Waals surface area (Å²) in [5.74, 6) is 0. The van der Waals surface area contributed by atoms with Crippen LogP contribution in [0.4, 0.5) is 0 Å². The maximum absolute atomic E-state index is 3.92. The molecule has 0 fully saturated rings. The summed E-state index contributed by atoms with van der Waals surface area (Å²) in [5, 5.41) is 0. The molecule has 0 aromatic rings. The monoisotopic (exact) mass is 128 g/mol. The van der Waals surface area contributed by atoms with Crippen LogP contribution >= 0.6 is 11.9 Å². The van der Waals surface area contributed by atoms with Crippen molar-refractivity contribution in [2.75, 3.05) is 0 Å². The fourth-order valence-electron chi connectivity index (χ4n) is 0.423. The van der Waals surface area contributed by atoms with Gasteiger partial charge in [-0.15, -0.1) is 0 Å². The molecular weight excluding hydrogens is 120 g/mol. The molecule has 44 valence electrons. The van der Waals surface area contributed by atoms with Gasteiger partial charge in [-0.1, -0.05) is 0 Å². The van der Waals surface area contributed by atoms with E-state index >= 15 is 0 Å². The minimum atomic E-state index is 0.106. The maximum atomic E-state index is 3.92. The first kappa shape index (κ1) is 5.82. The van der Waals surface area contributed by atoms with Crippen molar-refractivity contribution in [1.82, 2.24) is 0 Å². The molecular formula is C5H8N2S. The summed E-state index contributed by atoms with van der Waals surface area (Å²) in [6.45, 7) is 4.16. The van der Waals surface area contributed by atoms with E-state index in [1.807, 2.05) is 6.21 Å². The molecule has 0 bridgehead atoms. The van der Waals surface area contributed by atoms with E-state index in [1.54, 1.807) is 18.3 Å². The van der Waals surface area contributed by atoms with E-state index in [4.69, 9.17) is 0 Å². The normalized spacial score (nSPS) is 23.8. The van der Waals surface area contributed by atoms with Gasteiger partial charge in [0.15, 0.2) is 0 Å². The summed E-state index contributed by atoms with van der Waals surface area (Å²) in [6, 6.07) is 0. The lowest BCUT2D eigenvalue weighted by Crippen LogP contribution is -2.17. The Hall–Kier alpha value is -0.310. The van der Waals surface area contributed by atoms with Gasteiger partial charge in [-0.2, -0.15) is 0 Å². The van der Waals surface area contributed by atoms with Crippen LogP contribution in [0.15, 0.2) is 9.39 Å². The fraction of sp³-hybridized carbons (Fsp3) is 0.600. The van der Waals surface area contributed by atoms with Crippen LogP contribution < -0.4 is 0 Å². The van der Waals surface area contributed by atoms with E-state index in [0.717, 1.165) is 0 Å². The van der Waals surface area contributed by atoms with Crippen LogP contribution in [0.25, 0.3) is 0 Å². The van der Waals surface area contributed by atoms with Crippen molar-refractivity contribution < 1.29 is 0 Å². The van der Waals surface area contributed by atoms with Crippen LogP contribution in [0.5, 0.6) is 0 Å². The van der Waals surface area contributed by atoms with Crippen molar-refractivity contribution in [1.29, 1.82) is 0 Å². The van der Waals surface area contributed by atoms with Gasteiger partial charge in [-0.25, -0.2) is 9.39 Å². The molecule has 0 radical (unpaired) electrons. The molecule has 1 heterocycles. The molecule has 0 aliphatic carbocycles. The molecule has 0 saturated heterocycles. The van der Waals surface area contributed by atoms with Crippen molar-refractivity contribution in [3.05, 3.63) is 0 Å². The summed E-state index contributed by atoms with van der Waals surface area (Å²) in [7, 11) is 0. The number of rotatable bonds is 0. The summed E-state index contributed by atoms with van der Waals surface area (Å²) < 4.78 is 4.03. The van der Waals surface area contributed by atoms with E-state index < -0.39 is 0 Å². The molecule has 3 heteroatoms. The average molecular weight is 128 g/mol. The van der Waals surface area contributed by atoms with Crippen LogP contribution in [0.1, 0.15) is 13.8 Å². The first-order chi connectivity index (χ1) is 3.71. The van der Waals surface area contributed by atoms with E-state index in [0.29, 0.717) is 0 Å². The fourth-order valence-corrected chi connectivity index (χ4v) is 0.904. The predicted octanol–water partition coefficient (Wildman–Crippen LogP) is 1.53. The highest BCUT2D eigenvalue weighted by Gasteiger charge is 2.16. The van der Waals surface area contributed by atoms with E-state index in [2.05, 4.69) is 23.2 Å². The molecule has 0 atom stereocenters. The minimum absolute atomic E-state index is 0.106. The molecule has 0 amide bonds. The van der Waals surface area contributed by atoms with Gasteiger partial charge in [-0.3, -0.25) is 0 Å². The van der Waals surface area contributed by atoms with Crippen molar-refractivity contribution in [3.8, 4) is 0 Å². The van der Waals surface area contributed by atoms with Gasteiger partial charge in [0.05, 0.1) is 4.75 Å². The third-order valence-electron chi connectivity index (χ3n) is 0.787. The summed E-state index contributed by atoms with van der Waals surface area (Å²) in [5.41, 5.74) is 0. The zero-order chi connectivity index (χ0) is 6.04. The standard InChI is InChI=1S/C5H8N2S/c1-5(2)3-6-4-7-8-5/h3-4H,1-2H3. The molecule has 1 aliphatic rings. The zero-order valence-electron chi connectivity index (χ0n) is 4.96. The van der Waals surface area contributed by atoms with Crippen LogP contribution in [0, 0.1) is 0 Å². The second-order valence-corrected chi connectivity index (χ2v) is 3.64. The summed E-state index contributed by atoms with van der Waals surface area (Å²) in [4.78, 5) is 3.89. The maximum Gasteiger partial charge on any atom is 0.123 e. The van der Waals surface area contributed by atoms with Gasteiger partial charge >= 0.3 is 0 Å². The van der Waals surface area contributed by atoms with Gasteiger partial charge < -0.3 is 0 Å². The SMILES string of the molecule is CC1(C)C=NC=NS1. The highest BCUT2D eigenvalue weighted by Crippen LogP contribution is 2.24. The lowest BCUT2D eigenvalue weighted by molar-refractivity contribution is 0.972. The van der Waals surface area contributed by atoms with Gasteiger partial charge in [-0.05, 0) is 25.8 Å². The topological polar surface area (TPSA) is 24.7 Å². The van der Waals surface area contributed by atoms with Crippen LogP contribution in [-0.2, 0) is 0 Å². The molecule has 0 spiro atoms. The largest absolute Gasteiger partial charge is 0.247 e. The van der Waals surface area contributed by atoms with Gasteiger partial charge in [0.2, 0.25) is 0 Å².